The van der Waals surface area contributed by atoms with Crippen LogP contribution in [0.2, 0.25) is 0 Å². The van der Waals surface area contributed by atoms with E-state index in [0.29, 0.717) is 25.8 Å². The first-order valence-electron chi connectivity index (χ1n) is 8.31. The summed E-state index contributed by atoms with van der Waals surface area (Å²) in [5.74, 6) is -1.19. The maximum atomic E-state index is 12.6. The molecule has 0 saturated heterocycles. The van der Waals surface area contributed by atoms with E-state index in [-0.39, 0.29) is 22.8 Å². The summed E-state index contributed by atoms with van der Waals surface area (Å²) in [5.41, 5.74) is 1.21. The van der Waals surface area contributed by atoms with E-state index in [1.807, 2.05) is 6.92 Å². The molecule has 2 aromatic rings. The third kappa shape index (κ3) is 5.19. The van der Waals surface area contributed by atoms with Crippen molar-refractivity contribution < 1.29 is 23.1 Å². The molecule has 0 radical (unpaired) electrons. The molecule has 7 nitrogen and oxygen atoms in total. The molecular formula is C18H22N2O5S. The SMILES string of the molecule is Cc1ccc(S(=O)(=O)n2ccc(C(=O)NCCCCCC(=O)O)c2)cc1. The van der Waals surface area contributed by atoms with E-state index < -0.39 is 16.0 Å². The Bertz CT molecular complexity index is 869. The summed E-state index contributed by atoms with van der Waals surface area (Å²) in [5, 5.41) is 11.3. The summed E-state index contributed by atoms with van der Waals surface area (Å²) in [6.45, 7) is 2.28. The minimum Gasteiger partial charge on any atom is -0.481 e. The fraction of sp³-hybridized carbons (Fsp3) is 0.333. The molecule has 0 saturated carbocycles. The highest BCUT2D eigenvalue weighted by atomic mass is 32.2. The van der Waals surface area contributed by atoms with Crippen LogP contribution in [-0.2, 0) is 14.8 Å². The van der Waals surface area contributed by atoms with Crippen molar-refractivity contribution in [3.05, 3.63) is 53.9 Å². The van der Waals surface area contributed by atoms with Gasteiger partial charge in [0.15, 0.2) is 0 Å². The molecule has 0 aliphatic heterocycles. The maximum absolute atomic E-state index is 12.6. The molecule has 0 fully saturated rings. The first kappa shape index (κ1) is 19.7. The Hall–Kier alpha value is -2.61. The van der Waals surface area contributed by atoms with E-state index >= 15 is 0 Å². The Morgan fingerprint density at radius 2 is 1.77 bits per heavy atom. The average Bonchev–Trinajstić information content (AvgIpc) is 3.09. The number of aromatic nitrogens is 1. The first-order valence-corrected chi connectivity index (χ1v) is 9.75. The maximum Gasteiger partial charge on any atom is 0.303 e. The standard InChI is InChI=1S/C18H22N2O5S/c1-14-6-8-16(9-7-14)26(24,25)20-12-10-15(13-20)18(23)19-11-4-2-3-5-17(21)22/h6-10,12-13H,2-5,11H2,1H3,(H,19,23)(H,21,22). The van der Waals surface area contributed by atoms with Gasteiger partial charge in [0, 0.05) is 25.4 Å². The summed E-state index contributed by atoms with van der Waals surface area (Å²) < 4.78 is 26.1. The van der Waals surface area contributed by atoms with Crippen molar-refractivity contribution in [2.45, 2.75) is 37.5 Å². The minimum absolute atomic E-state index is 0.119. The zero-order chi connectivity index (χ0) is 19.2. The Labute approximate surface area is 152 Å². The zero-order valence-corrected chi connectivity index (χ0v) is 15.3. The summed E-state index contributed by atoms with van der Waals surface area (Å²) in [6, 6.07) is 7.94. The molecule has 1 amide bonds. The van der Waals surface area contributed by atoms with Gasteiger partial charge in [-0.15, -0.1) is 0 Å². The highest BCUT2D eigenvalue weighted by Gasteiger charge is 2.18. The van der Waals surface area contributed by atoms with Crippen LogP contribution in [0.1, 0.15) is 41.6 Å². The fourth-order valence-electron chi connectivity index (χ4n) is 2.37. The monoisotopic (exact) mass is 378 g/mol. The average molecular weight is 378 g/mol. The van der Waals surface area contributed by atoms with E-state index in [1.165, 1.54) is 30.6 Å². The topological polar surface area (TPSA) is 105 Å². The van der Waals surface area contributed by atoms with Gasteiger partial charge in [-0.05, 0) is 38.0 Å². The van der Waals surface area contributed by atoms with Crippen molar-refractivity contribution in [3.8, 4) is 0 Å². The van der Waals surface area contributed by atoms with E-state index in [1.54, 1.807) is 12.1 Å². The minimum atomic E-state index is -3.73. The smallest absolute Gasteiger partial charge is 0.303 e. The lowest BCUT2D eigenvalue weighted by Gasteiger charge is -2.06. The van der Waals surface area contributed by atoms with Crippen molar-refractivity contribution in [2.75, 3.05) is 6.54 Å². The van der Waals surface area contributed by atoms with Gasteiger partial charge in [0.25, 0.3) is 15.9 Å². The molecule has 0 spiro atoms. The van der Waals surface area contributed by atoms with Gasteiger partial charge >= 0.3 is 5.97 Å². The third-order valence-electron chi connectivity index (χ3n) is 3.88. The summed E-state index contributed by atoms with van der Waals surface area (Å²) in [7, 11) is -3.73. The van der Waals surface area contributed by atoms with Crippen LogP contribution in [0.4, 0.5) is 0 Å². The molecule has 8 heteroatoms. The molecule has 0 aliphatic carbocycles. The van der Waals surface area contributed by atoms with Gasteiger partial charge in [-0.3, -0.25) is 9.59 Å². The van der Waals surface area contributed by atoms with Crippen molar-refractivity contribution in [3.63, 3.8) is 0 Å². The highest BCUT2D eigenvalue weighted by Crippen LogP contribution is 2.16. The molecule has 0 aliphatic rings. The molecule has 0 atom stereocenters. The fourth-order valence-corrected chi connectivity index (χ4v) is 3.57. The molecule has 2 N–H and O–H groups in total. The number of carbonyl (C=O) groups is 2. The molecular weight excluding hydrogens is 356 g/mol. The quantitative estimate of drug-likeness (QED) is 0.652. The number of hydrogen-bond donors (Lipinski definition) is 2. The van der Waals surface area contributed by atoms with Crippen molar-refractivity contribution in [2.24, 2.45) is 0 Å². The van der Waals surface area contributed by atoms with Crippen LogP contribution in [0.5, 0.6) is 0 Å². The molecule has 0 unspecified atom stereocenters. The van der Waals surface area contributed by atoms with Crippen LogP contribution in [0.15, 0.2) is 47.6 Å². The predicted octanol–water partition coefficient (Wildman–Crippen LogP) is 2.41. The van der Waals surface area contributed by atoms with E-state index in [0.717, 1.165) is 9.54 Å². The number of rotatable bonds is 9. The van der Waals surface area contributed by atoms with E-state index in [9.17, 15) is 18.0 Å². The highest BCUT2D eigenvalue weighted by molar-refractivity contribution is 7.90. The Morgan fingerprint density at radius 1 is 1.08 bits per heavy atom. The lowest BCUT2D eigenvalue weighted by molar-refractivity contribution is -0.137. The number of unbranched alkanes of at least 4 members (excludes halogenated alkanes) is 2. The van der Waals surface area contributed by atoms with Crippen LogP contribution in [-0.4, -0.2) is 35.9 Å². The van der Waals surface area contributed by atoms with Crippen LogP contribution >= 0.6 is 0 Å². The largest absolute Gasteiger partial charge is 0.481 e. The lowest BCUT2D eigenvalue weighted by Crippen LogP contribution is -2.24. The van der Waals surface area contributed by atoms with E-state index in [2.05, 4.69) is 5.32 Å². The van der Waals surface area contributed by atoms with Crippen LogP contribution < -0.4 is 5.32 Å². The number of nitrogens with one attached hydrogen (secondary N) is 1. The number of benzene rings is 1. The third-order valence-corrected chi connectivity index (χ3v) is 5.53. The lowest BCUT2D eigenvalue weighted by atomic mass is 10.2. The molecule has 1 aromatic carbocycles. The number of carboxylic acids is 1. The number of carboxylic acid groups (broad SMARTS) is 1. The molecule has 1 aromatic heterocycles. The number of amides is 1. The molecule has 2 rings (SSSR count). The number of nitrogens with zero attached hydrogens (tertiary/aromatic N) is 1. The van der Waals surface area contributed by atoms with Gasteiger partial charge in [0.1, 0.15) is 0 Å². The summed E-state index contributed by atoms with van der Waals surface area (Å²) in [6.07, 6.45) is 4.69. The second kappa shape index (κ2) is 8.66. The predicted molar refractivity (Wildman–Crippen MR) is 96.6 cm³/mol. The Balaban J connectivity index is 1.93. The molecule has 1 heterocycles. The second-order valence-corrected chi connectivity index (χ2v) is 7.85. The summed E-state index contributed by atoms with van der Waals surface area (Å²) >= 11 is 0. The molecule has 26 heavy (non-hydrogen) atoms. The van der Waals surface area contributed by atoms with Gasteiger partial charge in [0.2, 0.25) is 0 Å². The summed E-state index contributed by atoms with van der Waals surface area (Å²) in [4.78, 5) is 22.7. The number of aryl methyl sites for hydroxylation is 1. The zero-order valence-electron chi connectivity index (χ0n) is 14.5. The Morgan fingerprint density at radius 3 is 2.42 bits per heavy atom. The van der Waals surface area contributed by atoms with Gasteiger partial charge in [-0.25, -0.2) is 12.4 Å². The number of hydrogen-bond acceptors (Lipinski definition) is 4. The molecule has 0 bridgehead atoms. The Kier molecular flexibility index (Phi) is 6.57. The number of carbonyl (C=O) groups excluding carboxylic acids is 1. The van der Waals surface area contributed by atoms with Crippen LogP contribution in [0.25, 0.3) is 0 Å². The van der Waals surface area contributed by atoms with Gasteiger partial charge in [0.05, 0.1) is 10.5 Å². The van der Waals surface area contributed by atoms with Crippen molar-refractivity contribution >= 4 is 21.9 Å². The van der Waals surface area contributed by atoms with Gasteiger partial charge in [-0.2, -0.15) is 0 Å². The number of aliphatic carboxylic acids is 1. The van der Waals surface area contributed by atoms with Crippen LogP contribution in [0, 0.1) is 6.92 Å². The van der Waals surface area contributed by atoms with Gasteiger partial charge < -0.3 is 10.4 Å². The van der Waals surface area contributed by atoms with E-state index in [4.69, 9.17) is 5.11 Å². The first-order chi connectivity index (χ1) is 12.3. The van der Waals surface area contributed by atoms with Gasteiger partial charge in [-0.1, -0.05) is 24.1 Å². The molecule has 140 valence electrons. The second-order valence-electron chi connectivity index (χ2n) is 6.01. The normalized spacial score (nSPS) is 11.3. The van der Waals surface area contributed by atoms with Crippen molar-refractivity contribution in [1.82, 2.24) is 9.29 Å². The van der Waals surface area contributed by atoms with Crippen molar-refractivity contribution in [1.29, 1.82) is 0 Å². The van der Waals surface area contributed by atoms with Crippen LogP contribution in [0.3, 0.4) is 0 Å².